The number of hydrogen-bond donors (Lipinski definition) is 2. The number of nitrogen functional groups attached to an aromatic ring is 1. The van der Waals surface area contributed by atoms with Gasteiger partial charge in [0.15, 0.2) is 0 Å². The summed E-state index contributed by atoms with van der Waals surface area (Å²) >= 11 is 0. The van der Waals surface area contributed by atoms with Gasteiger partial charge in [0.25, 0.3) is 0 Å². The van der Waals surface area contributed by atoms with Crippen molar-refractivity contribution >= 4 is 11.4 Å². The van der Waals surface area contributed by atoms with Crippen molar-refractivity contribution in [3.05, 3.63) is 23.8 Å². The zero-order valence-corrected chi connectivity index (χ0v) is 7.70. The standard InChI is InChI=1S/C9H14N4/c1-2-12-6-7-4-3-5-8(10)9(7)13(12)11/h3-5H,2,6,10-11H2,1H3. The number of fused-ring (bicyclic) bond motifs is 1. The fourth-order valence-electron chi connectivity index (χ4n) is 1.70. The quantitative estimate of drug-likeness (QED) is 0.491. The smallest absolute Gasteiger partial charge is 0.0977 e. The number of anilines is 2. The molecular formula is C9H14N4. The fraction of sp³-hybridized carbons (Fsp3) is 0.333. The van der Waals surface area contributed by atoms with Gasteiger partial charge in [-0.1, -0.05) is 19.1 Å². The topological polar surface area (TPSA) is 58.5 Å². The molecule has 0 atom stereocenters. The first-order valence-electron chi connectivity index (χ1n) is 4.41. The molecule has 1 aliphatic rings. The van der Waals surface area contributed by atoms with E-state index in [1.807, 2.05) is 17.1 Å². The average Bonchev–Trinajstić information content (AvgIpc) is 2.44. The number of hydrogen-bond acceptors (Lipinski definition) is 4. The summed E-state index contributed by atoms with van der Waals surface area (Å²) in [5.74, 6) is 5.88. The lowest BCUT2D eigenvalue weighted by Gasteiger charge is -2.24. The third-order valence-corrected chi connectivity index (χ3v) is 2.40. The third kappa shape index (κ3) is 1.15. The first-order valence-corrected chi connectivity index (χ1v) is 4.41. The van der Waals surface area contributed by atoms with Crippen molar-refractivity contribution in [3.63, 3.8) is 0 Å². The Balaban J connectivity index is 2.44. The molecule has 1 aromatic rings. The Hall–Kier alpha value is -1.26. The minimum atomic E-state index is 0.746. The summed E-state index contributed by atoms with van der Waals surface area (Å²) in [7, 11) is 0. The Morgan fingerprint density at radius 1 is 1.46 bits per heavy atom. The number of nitrogens with zero attached hydrogens (tertiary/aromatic N) is 2. The number of hydrazine groups is 2. The maximum atomic E-state index is 5.88. The SMILES string of the molecule is CCN1Cc2cccc(N)c2N1N. The van der Waals surface area contributed by atoms with Crippen molar-refractivity contribution in [2.45, 2.75) is 13.5 Å². The van der Waals surface area contributed by atoms with E-state index in [2.05, 4.69) is 13.0 Å². The highest BCUT2D eigenvalue weighted by Crippen LogP contribution is 2.33. The Morgan fingerprint density at radius 3 is 2.85 bits per heavy atom. The molecule has 1 aliphatic heterocycles. The highest BCUT2D eigenvalue weighted by Gasteiger charge is 2.24. The normalized spacial score (nSPS) is 16.3. The monoisotopic (exact) mass is 178 g/mol. The second-order valence-electron chi connectivity index (χ2n) is 3.18. The average molecular weight is 178 g/mol. The van der Waals surface area contributed by atoms with Crippen LogP contribution in [-0.4, -0.2) is 11.6 Å². The van der Waals surface area contributed by atoms with Crippen LogP contribution in [0.4, 0.5) is 11.4 Å². The summed E-state index contributed by atoms with van der Waals surface area (Å²) < 4.78 is 0. The lowest BCUT2D eigenvalue weighted by molar-refractivity contribution is 0.280. The Kier molecular flexibility index (Phi) is 1.86. The first kappa shape index (κ1) is 8.34. The first-order chi connectivity index (χ1) is 6.24. The molecule has 0 amide bonds. The molecule has 0 aliphatic carbocycles. The molecule has 1 aromatic carbocycles. The van der Waals surface area contributed by atoms with E-state index in [9.17, 15) is 0 Å². The molecule has 0 fully saturated rings. The molecule has 13 heavy (non-hydrogen) atoms. The van der Waals surface area contributed by atoms with Crippen LogP contribution in [0.1, 0.15) is 12.5 Å². The van der Waals surface area contributed by atoms with E-state index in [0.29, 0.717) is 0 Å². The van der Waals surface area contributed by atoms with Crippen LogP contribution in [0.25, 0.3) is 0 Å². The van der Waals surface area contributed by atoms with Gasteiger partial charge in [-0.2, -0.15) is 0 Å². The predicted molar refractivity (Wildman–Crippen MR) is 53.6 cm³/mol. The van der Waals surface area contributed by atoms with Crippen LogP contribution in [0.5, 0.6) is 0 Å². The van der Waals surface area contributed by atoms with Gasteiger partial charge in [-0.05, 0) is 11.6 Å². The van der Waals surface area contributed by atoms with E-state index in [1.165, 1.54) is 5.56 Å². The zero-order valence-electron chi connectivity index (χ0n) is 7.70. The lowest BCUT2D eigenvalue weighted by atomic mass is 10.1. The van der Waals surface area contributed by atoms with Crippen molar-refractivity contribution in [2.24, 2.45) is 5.84 Å². The van der Waals surface area contributed by atoms with Gasteiger partial charge in [-0.15, -0.1) is 0 Å². The summed E-state index contributed by atoms with van der Waals surface area (Å²) in [5, 5.41) is 3.69. The van der Waals surface area contributed by atoms with Crippen molar-refractivity contribution in [1.82, 2.24) is 5.01 Å². The Labute approximate surface area is 77.7 Å². The van der Waals surface area contributed by atoms with Crippen molar-refractivity contribution in [3.8, 4) is 0 Å². The molecule has 0 spiro atoms. The lowest BCUT2D eigenvalue weighted by Crippen LogP contribution is -2.43. The Morgan fingerprint density at radius 2 is 2.23 bits per heavy atom. The van der Waals surface area contributed by atoms with E-state index in [0.717, 1.165) is 24.5 Å². The van der Waals surface area contributed by atoms with Gasteiger partial charge in [0, 0.05) is 13.1 Å². The van der Waals surface area contributed by atoms with Gasteiger partial charge >= 0.3 is 0 Å². The van der Waals surface area contributed by atoms with Crippen LogP contribution in [0.3, 0.4) is 0 Å². The number of nitrogens with two attached hydrogens (primary N) is 2. The summed E-state index contributed by atoms with van der Waals surface area (Å²) in [6.45, 7) is 3.82. The molecule has 0 aromatic heterocycles. The van der Waals surface area contributed by atoms with Gasteiger partial charge in [0.2, 0.25) is 0 Å². The van der Waals surface area contributed by atoms with Gasteiger partial charge in [0.1, 0.15) is 0 Å². The van der Waals surface area contributed by atoms with E-state index in [-0.39, 0.29) is 0 Å². The molecule has 4 N–H and O–H groups in total. The molecule has 4 heteroatoms. The summed E-state index contributed by atoms with van der Waals surface area (Å²) in [5.41, 5.74) is 8.72. The van der Waals surface area contributed by atoms with Gasteiger partial charge < -0.3 is 5.73 Å². The van der Waals surface area contributed by atoms with Gasteiger partial charge in [-0.25, -0.2) is 16.0 Å². The maximum Gasteiger partial charge on any atom is 0.0977 e. The molecule has 0 unspecified atom stereocenters. The molecule has 4 nitrogen and oxygen atoms in total. The van der Waals surface area contributed by atoms with E-state index in [1.54, 1.807) is 5.12 Å². The second-order valence-corrected chi connectivity index (χ2v) is 3.18. The molecule has 0 saturated carbocycles. The summed E-state index contributed by atoms with van der Waals surface area (Å²) in [4.78, 5) is 0. The van der Waals surface area contributed by atoms with Gasteiger partial charge in [0.05, 0.1) is 11.4 Å². The highest BCUT2D eigenvalue weighted by molar-refractivity contribution is 5.72. The minimum absolute atomic E-state index is 0.746. The van der Waals surface area contributed by atoms with Gasteiger partial charge in [-0.3, -0.25) is 0 Å². The Bertz CT molecular complexity index is 323. The van der Waals surface area contributed by atoms with Crippen LogP contribution in [0.2, 0.25) is 0 Å². The van der Waals surface area contributed by atoms with Crippen LogP contribution < -0.4 is 16.7 Å². The molecule has 1 heterocycles. The molecule has 0 saturated heterocycles. The number of benzene rings is 1. The highest BCUT2D eigenvalue weighted by atomic mass is 15.8. The fourth-order valence-corrected chi connectivity index (χ4v) is 1.70. The van der Waals surface area contributed by atoms with Crippen molar-refractivity contribution in [2.75, 3.05) is 17.4 Å². The maximum absolute atomic E-state index is 5.88. The van der Waals surface area contributed by atoms with Crippen molar-refractivity contribution < 1.29 is 0 Å². The number of rotatable bonds is 1. The minimum Gasteiger partial charge on any atom is -0.397 e. The summed E-state index contributed by atoms with van der Waals surface area (Å²) in [6.07, 6.45) is 0. The third-order valence-electron chi connectivity index (χ3n) is 2.40. The van der Waals surface area contributed by atoms with Crippen LogP contribution in [-0.2, 0) is 6.54 Å². The molecule has 70 valence electrons. The van der Waals surface area contributed by atoms with Crippen molar-refractivity contribution in [1.29, 1.82) is 0 Å². The van der Waals surface area contributed by atoms with E-state index < -0.39 is 0 Å². The van der Waals surface area contributed by atoms with Crippen LogP contribution in [0.15, 0.2) is 18.2 Å². The molecule has 2 rings (SSSR count). The van der Waals surface area contributed by atoms with Crippen LogP contribution in [0, 0.1) is 0 Å². The molecule has 0 bridgehead atoms. The molecule has 0 radical (unpaired) electrons. The van der Waals surface area contributed by atoms with E-state index in [4.69, 9.17) is 11.6 Å². The zero-order chi connectivity index (χ0) is 9.42. The number of para-hydroxylation sites is 1. The second kappa shape index (κ2) is 2.90. The van der Waals surface area contributed by atoms with E-state index >= 15 is 0 Å². The summed E-state index contributed by atoms with van der Waals surface area (Å²) in [6, 6.07) is 5.89. The largest absolute Gasteiger partial charge is 0.397 e. The molecular weight excluding hydrogens is 164 g/mol. The van der Waals surface area contributed by atoms with Crippen LogP contribution >= 0.6 is 0 Å². The predicted octanol–water partition coefficient (Wildman–Crippen LogP) is 0.699.